The first-order valence-electron chi connectivity index (χ1n) is 5.96. The maximum atomic E-state index is 13.8. The van der Waals surface area contributed by atoms with Crippen molar-refractivity contribution in [3.05, 3.63) is 0 Å². The van der Waals surface area contributed by atoms with E-state index in [4.69, 9.17) is 4.74 Å². The molecule has 3 heteroatoms. The summed E-state index contributed by atoms with van der Waals surface area (Å²) in [5.74, 6) is -0.670. The van der Waals surface area contributed by atoms with Crippen LogP contribution < -0.4 is 0 Å². The molecule has 2 nitrogen and oxygen atoms in total. The van der Waals surface area contributed by atoms with Gasteiger partial charge in [-0.2, -0.15) is 0 Å². The Balaban J connectivity index is 2.39. The minimum atomic E-state index is -1.80. The topological polar surface area (TPSA) is 26.3 Å². The first-order chi connectivity index (χ1) is 7.06. The smallest absolute Gasteiger partial charge is 0.343 e. The standard InChI is InChI=1S/C12H21FO2/c1-3-9-12(2,13)11(14)15-10-7-5-4-6-8-10/h10H,3-9H2,1-2H3. The lowest BCUT2D eigenvalue weighted by atomic mass is 9.97. The van der Waals surface area contributed by atoms with Gasteiger partial charge in [0.05, 0.1) is 0 Å². The van der Waals surface area contributed by atoms with E-state index in [1.54, 1.807) is 0 Å². The highest BCUT2D eigenvalue weighted by Gasteiger charge is 2.35. The summed E-state index contributed by atoms with van der Waals surface area (Å²) < 4.78 is 19.0. The third-order valence-corrected chi connectivity index (χ3v) is 2.97. The van der Waals surface area contributed by atoms with Gasteiger partial charge in [0.2, 0.25) is 5.67 Å². The molecule has 0 spiro atoms. The summed E-state index contributed by atoms with van der Waals surface area (Å²) in [6.45, 7) is 3.19. The van der Waals surface area contributed by atoms with Gasteiger partial charge in [0.25, 0.3) is 0 Å². The second-order valence-electron chi connectivity index (χ2n) is 4.61. The normalized spacial score (nSPS) is 22.1. The summed E-state index contributed by atoms with van der Waals surface area (Å²) >= 11 is 0. The Morgan fingerprint density at radius 1 is 1.40 bits per heavy atom. The molecule has 1 rings (SSSR count). The molecule has 1 aliphatic rings. The Kier molecular flexibility index (Phi) is 4.55. The highest BCUT2D eigenvalue weighted by molar-refractivity contribution is 5.79. The Labute approximate surface area is 91.2 Å². The van der Waals surface area contributed by atoms with E-state index in [2.05, 4.69) is 0 Å². The zero-order chi connectivity index (χ0) is 11.3. The van der Waals surface area contributed by atoms with Gasteiger partial charge in [-0.3, -0.25) is 0 Å². The third-order valence-electron chi connectivity index (χ3n) is 2.97. The number of esters is 1. The maximum absolute atomic E-state index is 13.8. The number of carbonyl (C=O) groups is 1. The van der Waals surface area contributed by atoms with Crippen LogP contribution >= 0.6 is 0 Å². The molecule has 15 heavy (non-hydrogen) atoms. The Bertz CT molecular complexity index is 208. The van der Waals surface area contributed by atoms with Crippen LogP contribution in [0.5, 0.6) is 0 Å². The predicted molar refractivity (Wildman–Crippen MR) is 57.4 cm³/mol. The molecule has 1 fully saturated rings. The van der Waals surface area contributed by atoms with Gasteiger partial charge in [0, 0.05) is 0 Å². The van der Waals surface area contributed by atoms with Crippen molar-refractivity contribution in [2.75, 3.05) is 0 Å². The van der Waals surface area contributed by atoms with Gasteiger partial charge in [-0.1, -0.05) is 19.8 Å². The van der Waals surface area contributed by atoms with Gasteiger partial charge in [-0.25, -0.2) is 9.18 Å². The molecule has 0 aromatic carbocycles. The van der Waals surface area contributed by atoms with Crippen LogP contribution in [0.3, 0.4) is 0 Å². The first-order valence-corrected chi connectivity index (χ1v) is 5.96. The summed E-state index contributed by atoms with van der Waals surface area (Å²) in [6, 6.07) is 0. The monoisotopic (exact) mass is 216 g/mol. The summed E-state index contributed by atoms with van der Waals surface area (Å²) in [6.07, 6.45) is 6.05. The van der Waals surface area contributed by atoms with E-state index in [0.29, 0.717) is 6.42 Å². The van der Waals surface area contributed by atoms with Crippen molar-refractivity contribution in [1.29, 1.82) is 0 Å². The van der Waals surface area contributed by atoms with Crippen LogP contribution in [0, 0.1) is 0 Å². The van der Waals surface area contributed by atoms with Gasteiger partial charge < -0.3 is 4.74 Å². The predicted octanol–water partition coefficient (Wildman–Crippen LogP) is 3.39. The Morgan fingerprint density at radius 3 is 2.53 bits per heavy atom. The van der Waals surface area contributed by atoms with Crippen molar-refractivity contribution < 1.29 is 13.9 Å². The quantitative estimate of drug-likeness (QED) is 0.673. The SMILES string of the molecule is CCCC(C)(F)C(=O)OC1CCCCC1. The van der Waals surface area contributed by atoms with Crippen molar-refractivity contribution >= 4 is 5.97 Å². The lowest BCUT2D eigenvalue weighted by Crippen LogP contribution is -2.35. The second kappa shape index (κ2) is 5.47. The van der Waals surface area contributed by atoms with Crippen LogP contribution in [0.15, 0.2) is 0 Å². The maximum Gasteiger partial charge on any atom is 0.343 e. The molecular weight excluding hydrogens is 195 g/mol. The highest BCUT2D eigenvalue weighted by Crippen LogP contribution is 2.25. The van der Waals surface area contributed by atoms with Crippen molar-refractivity contribution in [2.45, 2.75) is 70.6 Å². The van der Waals surface area contributed by atoms with Crippen LogP contribution in [0.4, 0.5) is 4.39 Å². The van der Waals surface area contributed by atoms with Crippen LogP contribution in [0.25, 0.3) is 0 Å². The molecule has 1 unspecified atom stereocenters. The molecule has 1 atom stereocenters. The van der Waals surface area contributed by atoms with E-state index in [9.17, 15) is 9.18 Å². The van der Waals surface area contributed by atoms with E-state index >= 15 is 0 Å². The van der Waals surface area contributed by atoms with E-state index in [-0.39, 0.29) is 12.5 Å². The molecule has 0 radical (unpaired) electrons. The minimum absolute atomic E-state index is 0.0434. The lowest BCUT2D eigenvalue weighted by Gasteiger charge is -2.25. The molecule has 0 aromatic heterocycles. The average molecular weight is 216 g/mol. The summed E-state index contributed by atoms with van der Waals surface area (Å²) in [5, 5.41) is 0. The average Bonchev–Trinajstić information content (AvgIpc) is 2.19. The van der Waals surface area contributed by atoms with Crippen molar-refractivity contribution in [1.82, 2.24) is 0 Å². The van der Waals surface area contributed by atoms with Gasteiger partial charge >= 0.3 is 5.97 Å². The summed E-state index contributed by atoms with van der Waals surface area (Å²) in [4.78, 5) is 11.5. The van der Waals surface area contributed by atoms with E-state index < -0.39 is 11.6 Å². The lowest BCUT2D eigenvalue weighted by molar-refractivity contribution is -0.164. The summed E-state index contributed by atoms with van der Waals surface area (Å²) in [5.41, 5.74) is -1.80. The van der Waals surface area contributed by atoms with Crippen LogP contribution in [-0.4, -0.2) is 17.7 Å². The summed E-state index contributed by atoms with van der Waals surface area (Å²) in [7, 11) is 0. The van der Waals surface area contributed by atoms with Crippen molar-refractivity contribution in [3.8, 4) is 0 Å². The molecular formula is C12H21FO2. The fourth-order valence-electron chi connectivity index (χ4n) is 2.03. The van der Waals surface area contributed by atoms with Crippen LogP contribution in [-0.2, 0) is 9.53 Å². The van der Waals surface area contributed by atoms with Gasteiger partial charge in [0.1, 0.15) is 6.10 Å². The van der Waals surface area contributed by atoms with E-state index in [0.717, 1.165) is 25.7 Å². The number of hydrogen-bond donors (Lipinski definition) is 0. The molecule has 0 saturated heterocycles. The second-order valence-corrected chi connectivity index (χ2v) is 4.61. The number of hydrogen-bond acceptors (Lipinski definition) is 2. The number of rotatable bonds is 4. The molecule has 0 aromatic rings. The van der Waals surface area contributed by atoms with Gasteiger partial charge in [-0.15, -0.1) is 0 Å². The number of carbonyl (C=O) groups excluding carboxylic acids is 1. The van der Waals surface area contributed by atoms with Crippen molar-refractivity contribution in [2.24, 2.45) is 0 Å². The molecule has 0 heterocycles. The zero-order valence-electron chi connectivity index (χ0n) is 9.72. The largest absolute Gasteiger partial charge is 0.460 e. The molecule has 0 amide bonds. The fourth-order valence-corrected chi connectivity index (χ4v) is 2.03. The van der Waals surface area contributed by atoms with E-state index in [1.807, 2.05) is 6.92 Å². The van der Waals surface area contributed by atoms with Crippen molar-refractivity contribution in [3.63, 3.8) is 0 Å². The number of ether oxygens (including phenoxy) is 1. The molecule has 0 N–H and O–H groups in total. The molecule has 88 valence electrons. The Hall–Kier alpha value is -0.600. The molecule has 1 aliphatic carbocycles. The highest BCUT2D eigenvalue weighted by atomic mass is 19.1. The minimum Gasteiger partial charge on any atom is -0.460 e. The Morgan fingerprint density at radius 2 is 2.00 bits per heavy atom. The molecule has 0 aliphatic heterocycles. The van der Waals surface area contributed by atoms with Crippen LogP contribution in [0.2, 0.25) is 0 Å². The molecule has 1 saturated carbocycles. The molecule has 0 bridgehead atoms. The van der Waals surface area contributed by atoms with E-state index in [1.165, 1.54) is 13.3 Å². The number of alkyl halides is 1. The zero-order valence-corrected chi connectivity index (χ0v) is 9.72. The third kappa shape index (κ3) is 3.80. The van der Waals surface area contributed by atoms with Gasteiger partial charge in [0.15, 0.2) is 0 Å². The van der Waals surface area contributed by atoms with Crippen LogP contribution in [0.1, 0.15) is 58.8 Å². The van der Waals surface area contributed by atoms with Gasteiger partial charge in [-0.05, 0) is 39.0 Å². The first kappa shape index (κ1) is 12.5. The number of halogens is 1. The fraction of sp³-hybridized carbons (Fsp3) is 0.917.